The van der Waals surface area contributed by atoms with Gasteiger partial charge in [0.1, 0.15) is 5.76 Å². The van der Waals surface area contributed by atoms with Crippen molar-refractivity contribution in [2.24, 2.45) is 0 Å². The number of thioether (sulfide) groups is 1. The fourth-order valence-electron chi connectivity index (χ4n) is 0.910. The van der Waals surface area contributed by atoms with Crippen molar-refractivity contribution < 1.29 is 22.5 Å². The highest BCUT2D eigenvalue weighted by atomic mass is 32.2. The first-order chi connectivity index (χ1) is 10.2. The maximum absolute atomic E-state index is 11.0. The molecule has 0 fully saturated rings. The van der Waals surface area contributed by atoms with Gasteiger partial charge in [-0.15, -0.1) is 0 Å². The van der Waals surface area contributed by atoms with Crippen molar-refractivity contribution in [1.29, 1.82) is 0 Å². The van der Waals surface area contributed by atoms with Gasteiger partial charge in [0, 0.05) is 11.8 Å². The van der Waals surface area contributed by atoms with Gasteiger partial charge in [-0.25, -0.2) is 4.79 Å². The molecule has 0 amide bonds. The van der Waals surface area contributed by atoms with Crippen LogP contribution in [0.4, 0.5) is 0 Å². The summed E-state index contributed by atoms with van der Waals surface area (Å²) in [5.74, 6) is 0.376. The quantitative estimate of drug-likeness (QED) is 0.238. The molecule has 0 unspecified atom stereocenters. The lowest BCUT2D eigenvalue weighted by molar-refractivity contribution is -0.133. The molecule has 0 spiro atoms. The number of rotatable bonds is 8. The fraction of sp³-hybridized carbons (Fsp3) is 0.400. The van der Waals surface area contributed by atoms with E-state index >= 15 is 0 Å². The summed E-state index contributed by atoms with van der Waals surface area (Å²) in [5, 5.41) is 0. The molecule has 0 bridgehead atoms. The standard InChI is InChI=1S/C12H16O2.C3H8O3S2/c1-5-8-9-11(10(4)6-2)14-12(13)7-3;1-7-2-3-8(4,5)6/h6-9H,2-3,5H2,1,4H3;2-3H2,1H3,(H,4,5,6)/b9-8-,11-10+;. The highest BCUT2D eigenvalue weighted by Crippen LogP contribution is 2.09. The van der Waals surface area contributed by atoms with E-state index in [4.69, 9.17) is 9.29 Å². The summed E-state index contributed by atoms with van der Waals surface area (Å²) >= 11 is 1.39. The summed E-state index contributed by atoms with van der Waals surface area (Å²) in [6.07, 6.45) is 9.13. The Kier molecular flexibility index (Phi) is 13.9. The normalized spacial score (nSPS) is 12.0. The maximum atomic E-state index is 11.0. The van der Waals surface area contributed by atoms with Crippen molar-refractivity contribution in [3.63, 3.8) is 0 Å². The van der Waals surface area contributed by atoms with E-state index in [1.807, 2.05) is 19.9 Å². The molecule has 0 saturated carbocycles. The molecule has 7 heteroatoms. The van der Waals surface area contributed by atoms with Crippen molar-refractivity contribution in [3.8, 4) is 0 Å². The van der Waals surface area contributed by atoms with E-state index in [9.17, 15) is 13.2 Å². The van der Waals surface area contributed by atoms with Crippen molar-refractivity contribution >= 4 is 27.8 Å². The summed E-state index contributed by atoms with van der Waals surface area (Å²) in [5.41, 5.74) is 0.824. The highest BCUT2D eigenvalue weighted by molar-refractivity contribution is 7.99. The van der Waals surface area contributed by atoms with Gasteiger partial charge in [-0.3, -0.25) is 4.55 Å². The molecule has 0 aliphatic heterocycles. The number of esters is 1. The Morgan fingerprint density at radius 3 is 2.23 bits per heavy atom. The van der Waals surface area contributed by atoms with Crippen LogP contribution in [-0.2, 0) is 19.6 Å². The van der Waals surface area contributed by atoms with E-state index < -0.39 is 16.1 Å². The Morgan fingerprint density at radius 1 is 1.32 bits per heavy atom. The first kappa shape index (κ1) is 23.0. The van der Waals surface area contributed by atoms with Gasteiger partial charge in [-0.05, 0) is 31.2 Å². The van der Waals surface area contributed by atoms with Crippen LogP contribution in [0.25, 0.3) is 0 Å². The second-order valence-corrected chi connectivity index (χ2v) is 6.52. The van der Waals surface area contributed by atoms with Gasteiger partial charge in [0.25, 0.3) is 10.1 Å². The molecular weight excluding hydrogens is 324 g/mol. The third-order valence-corrected chi connectivity index (χ3v) is 3.71. The molecule has 0 radical (unpaired) electrons. The van der Waals surface area contributed by atoms with Crippen LogP contribution in [0.5, 0.6) is 0 Å². The molecule has 0 saturated heterocycles. The average molecular weight is 348 g/mol. The van der Waals surface area contributed by atoms with Crippen LogP contribution < -0.4 is 0 Å². The highest BCUT2D eigenvalue weighted by Gasteiger charge is 2.02. The number of hydrogen-bond acceptors (Lipinski definition) is 5. The number of carbonyl (C=O) groups excluding carboxylic acids is 1. The lowest BCUT2D eigenvalue weighted by Gasteiger charge is -2.04. The van der Waals surface area contributed by atoms with Crippen LogP contribution in [0.1, 0.15) is 20.3 Å². The summed E-state index contributed by atoms with van der Waals surface area (Å²) in [7, 11) is -3.71. The molecule has 22 heavy (non-hydrogen) atoms. The molecule has 0 rings (SSSR count). The molecule has 0 atom stereocenters. The number of allylic oxidation sites excluding steroid dienone is 4. The number of ether oxygens (including phenoxy) is 1. The lowest BCUT2D eigenvalue weighted by Crippen LogP contribution is -2.05. The molecule has 0 aliphatic carbocycles. The summed E-state index contributed by atoms with van der Waals surface area (Å²) in [6.45, 7) is 10.8. The molecule has 5 nitrogen and oxygen atoms in total. The molecule has 126 valence electrons. The van der Waals surface area contributed by atoms with Gasteiger partial charge < -0.3 is 4.74 Å². The van der Waals surface area contributed by atoms with Crippen LogP contribution in [-0.4, -0.2) is 36.7 Å². The molecule has 0 heterocycles. The number of carbonyl (C=O) groups is 1. The SMILES string of the molecule is C=CC(=O)OC(/C=C\CC)=C(\C)C=C.CSCCS(=O)(=O)O. The van der Waals surface area contributed by atoms with Gasteiger partial charge >= 0.3 is 5.97 Å². The van der Waals surface area contributed by atoms with E-state index in [1.54, 1.807) is 18.4 Å². The van der Waals surface area contributed by atoms with Gasteiger partial charge in [-0.2, -0.15) is 20.2 Å². The van der Waals surface area contributed by atoms with E-state index in [-0.39, 0.29) is 5.75 Å². The van der Waals surface area contributed by atoms with Crippen molar-refractivity contribution in [2.45, 2.75) is 20.3 Å². The van der Waals surface area contributed by atoms with Crippen LogP contribution >= 0.6 is 11.8 Å². The molecule has 0 aliphatic rings. The van der Waals surface area contributed by atoms with Crippen LogP contribution in [0.3, 0.4) is 0 Å². The largest absolute Gasteiger partial charge is 0.423 e. The van der Waals surface area contributed by atoms with Gasteiger partial charge in [0.05, 0.1) is 5.75 Å². The summed E-state index contributed by atoms with van der Waals surface area (Å²) < 4.78 is 33.0. The summed E-state index contributed by atoms with van der Waals surface area (Å²) in [6, 6.07) is 0. The van der Waals surface area contributed by atoms with Gasteiger partial charge in [0.15, 0.2) is 0 Å². The smallest absolute Gasteiger partial charge is 0.335 e. The average Bonchev–Trinajstić information content (AvgIpc) is 2.48. The maximum Gasteiger partial charge on any atom is 0.335 e. The Bertz CT molecular complexity index is 516. The van der Waals surface area contributed by atoms with Crippen LogP contribution in [0.2, 0.25) is 0 Å². The van der Waals surface area contributed by atoms with E-state index in [0.29, 0.717) is 11.5 Å². The minimum absolute atomic E-state index is 0.145. The van der Waals surface area contributed by atoms with Crippen molar-refractivity contribution in [3.05, 3.63) is 48.8 Å². The Morgan fingerprint density at radius 2 is 1.91 bits per heavy atom. The topological polar surface area (TPSA) is 80.7 Å². The fourth-order valence-corrected chi connectivity index (χ4v) is 2.42. The second kappa shape index (κ2) is 13.4. The molecule has 0 aromatic rings. The Hall–Kier alpha value is -1.31. The zero-order chi connectivity index (χ0) is 17.6. The first-order valence-electron chi connectivity index (χ1n) is 6.50. The van der Waals surface area contributed by atoms with E-state index in [2.05, 4.69) is 13.2 Å². The van der Waals surface area contributed by atoms with E-state index in [0.717, 1.165) is 18.1 Å². The van der Waals surface area contributed by atoms with Crippen LogP contribution in [0, 0.1) is 0 Å². The zero-order valence-corrected chi connectivity index (χ0v) is 14.9. The van der Waals surface area contributed by atoms with Crippen LogP contribution in [0.15, 0.2) is 48.8 Å². The number of hydrogen-bond donors (Lipinski definition) is 1. The first-order valence-corrected chi connectivity index (χ1v) is 9.50. The summed E-state index contributed by atoms with van der Waals surface area (Å²) in [4.78, 5) is 11.0. The minimum Gasteiger partial charge on any atom is -0.423 e. The van der Waals surface area contributed by atoms with Crippen molar-refractivity contribution in [2.75, 3.05) is 17.8 Å². The Balaban J connectivity index is 0. The third kappa shape index (κ3) is 15.1. The molecular formula is C15H24O5S2. The minimum atomic E-state index is -3.71. The van der Waals surface area contributed by atoms with Gasteiger partial charge in [0.2, 0.25) is 0 Å². The predicted octanol–water partition coefficient (Wildman–Crippen LogP) is 3.38. The predicted molar refractivity (Wildman–Crippen MR) is 93.4 cm³/mol. The monoisotopic (exact) mass is 348 g/mol. The van der Waals surface area contributed by atoms with Crippen molar-refractivity contribution in [1.82, 2.24) is 0 Å². The molecule has 0 aromatic carbocycles. The van der Waals surface area contributed by atoms with Gasteiger partial charge in [-0.1, -0.05) is 32.2 Å². The molecule has 0 aromatic heterocycles. The van der Waals surface area contributed by atoms with E-state index in [1.165, 1.54) is 11.8 Å². The lowest BCUT2D eigenvalue weighted by atomic mass is 10.2. The second-order valence-electron chi connectivity index (χ2n) is 3.97. The third-order valence-electron chi connectivity index (χ3n) is 2.12. The zero-order valence-electron chi connectivity index (χ0n) is 13.2. The Labute approximate surface area is 137 Å². The molecule has 1 N–H and O–H groups in total.